The van der Waals surface area contributed by atoms with Crippen molar-refractivity contribution in [2.75, 3.05) is 0 Å². The number of hydrogen-bond acceptors (Lipinski definition) is 3. The molecule has 3 rings (SSSR count). The molecule has 0 saturated heterocycles. The lowest BCUT2D eigenvalue weighted by Gasteiger charge is -2.06. The highest BCUT2D eigenvalue weighted by molar-refractivity contribution is 6.30. The number of halogens is 2. The highest BCUT2D eigenvalue weighted by atomic mass is 35.5. The molecule has 0 bridgehead atoms. The summed E-state index contributed by atoms with van der Waals surface area (Å²) in [5.74, 6) is -0.401. The Morgan fingerprint density at radius 2 is 2.13 bits per heavy atom. The Kier molecular flexibility index (Phi) is 4.69. The molecule has 0 aliphatic heterocycles. The third-order valence-corrected chi connectivity index (χ3v) is 3.76. The van der Waals surface area contributed by atoms with Gasteiger partial charge in [0.2, 0.25) is 0 Å². The van der Waals surface area contributed by atoms with Crippen LogP contribution in [0.4, 0.5) is 4.39 Å². The lowest BCUT2D eigenvalue weighted by Crippen LogP contribution is -2.13. The molecule has 3 aromatic rings. The summed E-state index contributed by atoms with van der Waals surface area (Å²) < 4.78 is 14.9. The Balaban J connectivity index is 1.70. The first-order valence-electron chi connectivity index (χ1n) is 7.21. The molecule has 0 spiro atoms. The fourth-order valence-electron chi connectivity index (χ4n) is 2.40. The van der Waals surface area contributed by atoms with Crippen LogP contribution in [0.1, 0.15) is 11.1 Å². The van der Waals surface area contributed by atoms with E-state index in [1.165, 1.54) is 6.07 Å². The minimum absolute atomic E-state index is 0.140. The van der Waals surface area contributed by atoms with Gasteiger partial charge >= 0.3 is 0 Å². The summed E-state index contributed by atoms with van der Waals surface area (Å²) in [5.41, 5.74) is 3.90. The number of benzene rings is 1. The molecule has 6 heteroatoms. The predicted molar refractivity (Wildman–Crippen MR) is 88.4 cm³/mol. The minimum atomic E-state index is -0.401. The molecular formula is C17H16ClFN4. The number of nitrogens with one attached hydrogen (secondary N) is 1. The molecule has 2 aromatic heterocycles. The zero-order valence-electron chi connectivity index (χ0n) is 12.6. The summed E-state index contributed by atoms with van der Waals surface area (Å²) in [4.78, 5) is 4.14. The smallest absolute Gasteiger partial charge is 0.141 e. The van der Waals surface area contributed by atoms with Crippen LogP contribution in [0.25, 0.3) is 11.3 Å². The quantitative estimate of drug-likeness (QED) is 0.777. The molecule has 0 saturated carbocycles. The van der Waals surface area contributed by atoms with Crippen molar-refractivity contribution in [3.8, 4) is 11.3 Å². The van der Waals surface area contributed by atoms with E-state index in [2.05, 4.69) is 15.4 Å². The monoisotopic (exact) mass is 330 g/mol. The summed E-state index contributed by atoms with van der Waals surface area (Å²) >= 11 is 5.80. The van der Waals surface area contributed by atoms with E-state index in [9.17, 15) is 4.39 Å². The van der Waals surface area contributed by atoms with E-state index < -0.39 is 5.82 Å². The van der Waals surface area contributed by atoms with Crippen LogP contribution >= 0.6 is 11.6 Å². The molecule has 0 unspecified atom stereocenters. The molecule has 0 aliphatic carbocycles. The van der Waals surface area contributed by atoms with Gasteiger partial charge in [-0.25, -0.2) is 4.39 Å². The van der Waals surface area contributed by atoms with Crippen molar-refractivity contribution in [2.45, 2.75) is 13.1 Å². The van der Waals surface area contributed by atoms with Crippen molar-refractivity contribution in [3.63, 3.8) is 0 Å². The number of rotatable bonds is 5. The van der Waals surface area contributed by atoms with E-state index in [0.717, 1.165) is 22.4 Å². The zero-order chi connectivity index (χ0) is 16.2. The van der Waals surface area contributed by atoms with E-state index >= 15 is 0 Å². The minimum Gasteiger partial charge on any atom is -0.308 e. The largest absolute Gasteiger partial charge is 0.308 e. The van der Waals surface area contributed by atoms with Crippen molar-refractivity contribution in [3.05, 3.63) is 70.9 Å². The maximum absolute atomic E-state index is 13.2. The molecule has 4 nitrogen and oxygen atoms in total. The number of nitrogens with zero attached hydrogens (tertiary/aromatic N) is 3. The van der Waals surface area contributed by atoms with Gasteiger partial charge in [-0.1, -0.05) is 17.7 Å². The molecule has 23 heavy (non-hydrogen) atoms. The molecule has 2 heterocycles. The van der Waals surface area contributed by atoms with Crippen LogP contribution in [-0.2, 0) is 20.1 Å². The Labute approximate surface area is 138 Å². The third kappa shape index (κ3) is 3.75. The second-order valence-corrected chi connectivity index (χ2v) is 5.68. The fraction of sp³-hybridized carbons (Fsp3) is 0.176. The van der Waals surface area contributed by atoms with Crippen molar-refractivity contribution in [1.29, 1.82) is 0 Å². The number of aryl methyl sites for hydroxylation is 1. The van der Waals surface area contributed by atoms with E-state index in [-0.39, 0.29) is 5.02 Å². The molecule has 0 atom stereocenters. The van der Waals surface area contributed by atoms with Crippen molar-refractivity contribution in [2.24, 2.45) is 7.05 Å². The summed E-state index contributed by atoms with van der Waals surface area (Å²) in [7, 11) is 1.89. The Hall–Kier alpha value is -2.24. The first kappa shape index (κ1) is 15.6. The Morgan fingerprint density at radius 3 is 2.87 bits per heavy atom. The van der Waals surface area contributed by atoms with Gasteiger partial charge in [0.1, 0.15) is 5.82 Å². The Morgan fingerprint density at radius 1 is 1.26 bits per heavy atom. The second-order valence-electron chi connectivity index (χ2n) is 5.27. The highest BCUT2D eigenvalue weighted by Crippen LogP contribution is 2.21. The molecule has 0 amide bonds. The van der Waals surface area contributed by atoms with Crippen LogP contribution in [0.3, 0.4) is 0 Å². The van der Waals surface area contributed by atoms with Gasteiger partial charge in [-0.15, -0.1) is 0 Å². The summed E-state index contributed by atoms with van der Waals surface area (Å²) in [5, 5.41) is 7.97. The van der Waals surface area contributed by atoms with Crippen LogP contribution in [0.2, 0.25) is 5.02 Å². The van der Waals surface area contributed by atoms with E-state index in [1.807, 2.05) is 25.4 Å². The van der Waals surface area contributed by atoms with Gasteiger partial charge in [-0.2, -0.15) is 5.10 Å². The standard InChI is InChI=1S/C17H16ClFN4/c1-23-11-14(17(22-23)13-3-2-6-20-9-13)10-21-8-12-4-5-16(19)15(18)7-12/h2-7,9,11,21H,8,10H2,1H3. The van der Waals surface area contributed by atoms with Crippen molar-refractivity contribution < 1.29 is 4.39 Å². The average Bonchev–Trinajstić information content (AvgIpc) is 2.92. The average molecular weight is 331 g/mol. The van der Waals surface area contributed by atoms with E-state index in [1.54, 1.807) is 29.2 Å². The highest BCUT2D eigenvalue weighted by Gasteiger charge is 2.10. The molecule has 0 aliphatic rings. The third-order valence-electron chi connectivity index (χ3n) is 3.47. The predicted octanol–water partition coefficient (Wildman–Crippen LogP) is 3.56. The first-order valence-corrected chi connectivity index (χ1v) is 7.59. The van der Waals surface area contributed by atoms with E-state index in [4.69, 9.17) is 11.6 Å². The van der Waals surface area contributed by atoms with Gasteiger partial charge in [0, 0.05) is 49.9 Å². The molecule has 1 aromatic carbocycles. The van der Waals surface area contributed by atoms with Gasteiger partial charge in [-0.05, 0) is 29.8 Å². The van der Waals surface area contributed by atoms with Crippen LogP contribution in [0.5, 0.6) is 0 Å². The second kappa shape index (κ2) is 6.89. The maximum atomic E-state index is 13.2. The first-order chi connectivity index (χ1) is 11.1. The maximum Gasteiger partial charge on any atom is 0.141 e. The molecular weight excluding hydrogens is 315 g/mol. The molecule has 118 valence electrons. The van der Waals surface area contributed by atoms with Crippen LogP contribution in [0, 0.1) is 5.82 Å². The number of aromatic nitrogens is 3. The summed E-state index contributed by atoms with van der Waals surface area (Å²) in [6.07, 6.45) is 5.52. The van der Waals surface area contributed by atoms with Gasteiger partial charge in [0.25, 0.3) is 0 Å². The fourth-order valence-corrected chi connectivity index (χ4v) is 2.61. The van der Waals surface area contributed by atoms with Gasteiger partial charge in [0.05, 0.1) is 10.7 Å². The lowest BCUT2D eigenvalue weighted by molar-refractivity contribution is 0.625. The van der Waals surface area contributed by atoms with E-state index in [0.29, 0.717) is 13.1 Å². The van der Waals surface area contributed by atoms with Gasteiger partial charge in [0.15, 0.2) is 0 Å². The lowest BCUT2D eigenvalue weighted by atomic mass is 10.1. The van der Waals surface area contributed by atoms with Crippen molar-refractivity contribution in [1.82, 2.24) is 20.1 Å². The zero-order valence-corrected chi connectivity index (χ0v) is 13.4. The van der Waals surface area contributed by atoms with Gasteiger partial charge < -0.3 is 5.32 Å². The summed E-state index contributed by atoms with van der Waals surface area (Å²) in [6, 6.07) is 8.61. The number of pyridine rings is 1. The van der Waals surface area contributed by atoms with Crippen LogP contribution < -0.4 is 5.32 Å². The topological polar surface area (TPSA) is 42.7 Å². The Bertz CT molecular complexity index is 802. The van der Waals surface area contributed by atoms with Crippen LogP contribution in [0.15, 0.2) is 48.9 Å². The van der Waals surface area contributed by atoms with Gasteiger partial charge in [-0.3, -0.25) is 9.67 Å². The van der Waals surface area contributed by atoms with Crippen molar-refractivity contribution >= 4 is 11.6 Å². The normalized spacial score (nSPS) is 10.9. The summed E-state index contributed by atoms with van der Waals surface area (Å²) in [6.45, 7) is 1.24. The van der Waals surface area contributed by atoms with Crippen LogP contribution in [-0.4, -0.2) is 14.8 Å². The SMILES string of the molecule is Cn1cc(CNCc2ccc(F)c(Cl)c2)c(-c2cccnc2)n1. The number of hydrogen-bond donors (Lipinski definition) is 1. The molecule has 0 fully saturated rings. The molecule has 0 radical (unpaired) electrons. The molecule has 1 N–H and O–H groups in total.